The minimum absolute atomic E-state index is 0.692. The number of likely N-dealkylation sites (tertiary alicyclic amines) is 1. The number of thiazole rings is 1. The first kappa shape index (κ1) is 14.0. The number of nitrogens with one attached hydrogen (secondary N) is 1. The van der Waals surface area contributed by atoms with Gasteiger partial charge in [0, 0.05) is 30.1 Å². The normalized spacial score (nSPS) is 21.0. The number of nitrogens with zero attached hydrogens (tertiary/aromatic N) is 2. The second-order valence-electron chi connectivity index (χ2n) is 5.52. The van der Waals surface area contributed by atoms with Crippen LogP contribution in [-0.4, -0.2) is 42.6 Å². The van der Waals surface area contributed by atoms with Gasteiger partial charge in [-0.2, -0.15) is 0 Å². The second-order valence-corrected chi connectivity index (χ2v) is 6.72. The van der Waals surface area contributed by atoms with E-state index < -0.39 is 0 Å². The molecule has 18 heavy (non-hydrogen) atoms. The molecule has 1 unspecified atom stereocenters. The lowest BCUT2D eigenvalue weighted by molar-refractivity contribution is 0.265. The Labute approximate surface area is 115 Å². The van der Waals surface area contributed by atoms with Gasteiger partial charge in [-0.3, -0.25) is 0 Å². The number of hydrogen-bond donors (Lipinski definition) is 1. The van der Waals surface area contributed by atoms with Gasteiger partial charge >= 0.3 is 0 Å². The van der Waals surface area contributed by atoms with E-state index in [-0.39, 0.29) is 0 Å². The molecule has 2 rings (SSSR count). The van der Waals surface area contributed by atoms with E-state index >= 15 is 0 Å². The maximum atomic E-state index is 4.57. The lowest BCUT2D eigenvalue weighted by atomic mass is 10.1. The SMILES string of the molecule is CNCCc1cnc(CC2CCN(C(C)C)C2)s1. The third-order valence-corrected chi connectivity index (χ3v) is 4.81. The summed E-state index contributed by atoms with van der Waals surface area (Å²) in [5, 5.41) is 4.52. The molecule has 0 amide bonds. The smallest absolute Gasteiger partial charge is 0.0930 e. The zero-order valence-corrected chi connectivity index (χ0v) is 12.6. The van der Waals surface area contributed by atoms with E-state index in [9.17, 15) is 0 Å². The van der Waals surface area contributed by atoms with Crippen LogP contribution in [0.5, 0.6) is 0 Å². The summed E-state index contributed by atoms with van der Waals surface area (Å²) in [6, 6.07) is 0.692. The highest BCUT2D eigenvalue weighted by Gasteiger charge is 2.24. The third-order valence-electron chi connectivity index (χ3n) is 3.73. The van der Waals surface area contributed by atoms with Crippen molar-refractivity contribution in [2.75, 3.05) is 26.7 Å². The molecule has 1 atom stereocenters. The van der Waals surface area contributed by atoms with Crippen molar-refractivity contribution in [3.63, 3.8) is 0 Å². The summed E-state index contributed by atoms with van der Waals surface area (Å²) in [5.74, 6) is 0.815. The predicted octanol–water partition coefficient (Wildman–Crippen LogP) is 2.18. The van der Waals surface area contributed by atoms with Gasteiger partial charge in [0.15, 0.2) is 0 Å². The number of aromatic nitrogens is 1. The van der Waals surface area contributed by atoms with Crippen molar-refractivity contribution in [3.8, 4) is 0 Å². The van der Waals surface area contributed by atoms with Gasteiger partial charge in [-0.15, -0.1) is 11.3 Å². The molecule has 3 nitrogen and oxygen atoms in total. The fraction of sp³-hybridized carbons (Fsp3) is 0.786. The Morgan fingerprint density at radius 2 is 2.39 bits per heavy atom. The molecule has 0 saturated carbocycles. The quantitative estimate of drug-likeness (QED) is 0.856. The van der Waals surface area contributed by atoms with Crippen LogP contribution in [0.25, 0.3) is 0 Å². The molecule has 1 aliphatic heterocycles. The topological polar surface area (TPSA) is 28.2 Å². The lowest BCUT2D eigenvalue weighted by Gasteiger charge is -2.19. The Hall–Kier alpha value is -0.450. The number of likely N-dealkylation sites (N-methyl/N-ethyl adjacent to an activating group) is 1. The average molecular weight is 267 g/mol. The largest absolute Gasteiger partial charge is 0.319 e. The molecule has 1 saturated heterocycles. The van der Waals surface area contributed by atoms with Crippen molar-refractivity contribution in [1.29, 1.82) is 0 Å². The number of hydrogen-bond acceptors (Lipinski definition) is 4. The highest BCUT2D eigenvalue weighted by atomic mass is 32.1. The molecule has 0 radical (unpaired) electrons. The van der Waals surface area contributed by atoms with Crippen LogP contribution in [0.4, 0.5) is 0 Å². The van der Waals surface area contributed by atoms with Crippen molar-refractivity contribution >= 4 is 11.3 Å². The molecule has 1 N–H and O–H groups in total. The minimum atomic E-state index is 0.692. The molecule has 0 bridgehead atoms. The van der Waals surface area contributed by atoms with Crippen LogP contribution in [-0.2, 0) is 12.8 Å². The summed E-state index contributed by atoms with van der Waals surface area (Å²) in [7, 11) is 2.00. The molecular formula is C14H25N3S. The van der Waals surface area contributed by atoms with Crippen molar-refractivity contribution in [3.05, 3.63) is 16.1 Å². The van der Waals surface area contributed by atoms with Gasteiger partial charge in [-0.1, -0.05) is 0 Å². The predicted molar refractivity (Wildman–Crippen MR) is 78.3 cm³/mol. The minimum Gasteiger partial charge on any atom is -0.319 e. The molecule has 0 spiro atoms. The van der Waals surface area contributed by atoms with Crippen LogP contribution >= 0.6 is 11.3 Å². The molecule has 1 aromatic heterocycles. The summed E-state index contributed by atoms with van der Waals surface area (Å²) in [5.41, 5.74) is 0. The van der Waals surface area contributed by atoms with Gasteiger partial charge in [-0.25, -0.2) is 4.98 Å². The Morgan fingerprint density at radius 3 is 3.06 bits per heavy atom. The van der Waals surface area contributed by atoms with Gasteiger partial charge in [0.25, 0.3) is 0 Å². The first-order valence-electron chi connectivity index (χ1n) is 7.01. The summed E-state index contributed by atoms with van der Waals surface area (Å²) in [6.45, 7) is 8.15. The molecule has 1 fully saturated rings. The second kappa shape index (κ2) is 6.64. The summed E-state index contributed by atoms with van der Waals surface area (Å²) < 4.78 is 0. The molecule has 1 aliphatic rings. The molecule has 102 valence electrons. The highest BCUT2D eigenvalue weighted by Crippen LogP contribution is 2.24. The zero-order valence-electron chi connectivity index (χ0n) is 11.8. The van der Waals surface area contributed by atoms with Crippen molar-refractivity contribution in [2.24, 2.45) is 5.92 Å². The molecule has 1 aromatic rings. The molecule has 2 heterocycles. The van der Waals surface area contributed by atoms with Crippen LogP contribution in [0.2, 0.25) is 0 Å². The van der Waals surface area contributed by atoms with Gasteiger partial charge < -0.3 is 10.2 Å². The highest BCUT2D eigenvalue weighted by molar-refractivity contribution is 7.11. The Bertz CT molecular complexity index is 362. The van der Waals surface area contributed by atoms with Crippen LogP contribution in [0.1, 0.15) is 30.2 Å². The first-order valence-corrected chi connectivity index (χ1v) is 7.83. The van der Waals surface area contributed by atoms with Crippen LogP contribution in [0.3, 0.4) is 0 Å². The summed E-state index contributed by atoms with van der Waals surface area (Å²) >= 11 is 1.90. The summed E-state index contributed by atoms with van der Waals surface area (Å²) in [4.78, 5) is 8.57. The van der Waals surface area contributed by atoms with Crippen LogP contribution in [0, 0.1) is 5.92 Å². The van der Waals surface area contributed by atoms with E-state index in [0.29, 0.717) is 6.04 Å². The fourth-order valence-corrected chi connectivity index (χ4v) is 3.59. The average Bonchev–Trinajstić information content (AvgIpc) is 2.96. The zero-order chi connectivity index (χ0) is 13.0. The molecule has 0 aromatic carbocycles. The van der Waals surface area contributed by atoms with E-state index in [0.717, 1.165) is 18.9 Å². The van der Waals surface area contributed by atoms with E-state index in [1.165, 1.54) is 35.8 Å². The third kappa shape index (κ3) is 3.77. The summed E-state index contributed by atoms with van der Waals surface area (Å²) in [6.07, 6.45) is 5.68. The Balaban J connectivity index is 1.81. The van der Waals surface area contributed by atoms with E-state index in [2.05, 4.69) is 35.2 Å². The monoisotopic (exact) mass is 267 g/mol. The van der Waals surface area contributed by atoms with Crippen molar-refractivity contribution in [1.82, 2.24) is 15.2 Å². The van der Waals surface area contributed by atoms with E-state index in [4.69, 9.17) is 0 Å². The van der Waals surface area contributed by atoms with Crippen LogP contribution in [0.15, 0.2) is 6.20 Å². The van der Waals surface area contributed by atoms with Gasteiger partial charge in [0.1, 0.15) is 0 Å². The maximum absolute atomic E-state index is 4.57. The molecular weight excluding hydrogens is 242 g/mol. The maximum Gasteiger partial charge on any atom is 0.0930 e. The van der Waals surface area contributed by atoms with Crippen molar-refractivity contribution < 1.29 is 0 Å². The molecule has 0 aliphatic carbocycles. The van der Waals surface area contributed by atoms with E-state index in [1.54, 1.807) is 0 Å². The fourth-order valence-electron chi connectivity index (χ4n) is 2.55. The van der Waals surface area contributed by atoms with Crippen molar-refractivity contribution in [2.45, 2.75) is 39.2 Å². The lowest BCUT2D eigenvalue weighted by Crippen LogP contribution is -2.28. The van der Waals surface area contributed by atoms with Crippen LogP contribution < -0.4 is 5.32 Å². The Kier molecular flexibility index (Phi) is 5.15. The number of rotatable bonds is 6. The van der Waals surface area contributed by atoms with Gasteiger partial charge in [0.2, 0.25) is 0 Å². The molecule has 4 heteroatoms. The van der Waals surface area contributed by atoms with Gasteiger partial charge in [-0.05, 0) is 52.7 Å². The van der Waals surface area contributed by atoms with E-state index in [1.807, 2.05) is 18.4 Å². The Morgan fingerprint density at radius 1 is 1.56 bits per heavy atom. The van der Waals surface area contributed by atoms with Gasteiger partial charge in [0.05, 0.1) is 5.01 Å². The first-order chi connectivity index (χ1) is 8.69. The standard InChI is InChI=1S/C14H25N3S/c1-11(2)17-7-5-12(10-17)8-14-16-9-13(18-14)4-6-15-3/h9,11-12,15H,4-8,10H2,1-3H3.